The van der Waals surface area contributed by atoms with E-state index >= 15 is 0 Å². The summed E-state index contributed by atoms with van der Waals surface area (Å²) in [5, 5.41) is 11.6. The molecule has 0 atom stereocenters. The van der Waals surface area contributed by atoms with Gasteiger partial charge in [-0.3, -0.25) is 9.80 Å². The van der Waals surface area contributed by atoms with Gasteiger partial charge in [-0.1, -0.05) is 0 Å². The van der Waals surface area contributed by atoms with Crippen LogP contribution in [0.3, 0.4) is 0 Å². The molecular weight excluding hydrogens is 500 g/mol. The lowest BCUT2D eigenvalue weighted by molar-refractivity contribution is 0.000363. The van der Waals surface area contributed by atoms with Crippen molar-refractivity contribution < 1.29 is 19.1 Å². The molecule has 0 saturated carbocycles. The molecule has 0 bridgehead atoms. The van der Waals surface area contributed by atoms with Crippen molar-refractivity contribution in [2.75, 3.05) is 48.4 Å². The molecule has 1 fully saturated rings. The zero-order valence-corrected chi connectivity index (χ0v) is 23.6. The Morgan fingerprint density at radius 2 is 1.87 bits per heavy atom. The van der Waals surface area contributed by atoms with Gasteiger partial charge in [0, 0.05) is 43.6 Å². The molecule has 0 unspecified atom stereocenters. The molecule has 2 aliphatic rings. The fourth-order valence-electron chi connectivity index (χ4n) is 5.24. The van der Waals surface area contributed by atoms with Crippen LogP contribution in [0.5, 0.6) is 5.88 Å². The van der Waals surface area contributed by atoms with Crippen molar-refractivity contribution in [1.82, 2.24) is 24.7 Å². The SMILES string of the molecule is COc1nn2nc(C)cc2cc1NC(=O)N1CCc2c(N3CCN(C(=O)OC(C)(C)C)C(C)(C)C3)ccnc21. The number of nitrogens with zero attached hydrogens (tertiary/aromatic N) is 7. The number of urea groups is 1. The number of piperazine rings is 1. The van der Waals surface area contributed by atoms with Crippen LogP contribution in [0, 0.1) is 6.92 Å². The van der Waals surface area contributed by atoms with Crippen molar-refractivity contribution in [1.29, 1.82) is 0 Å². The van der Waals surface area contributed by atoms with Gasteiger partial charge in [0.25, 0.3) is 5.88 Å². The summed E-state index contributed by atoms with van der Waals surface area (Å²) in [6, 6.07) is 5.35. The molecule has 12 nitrogen and oxygen atoms in total. The molecule has 5 heterocycles. The first-order valence-electron chi connectivity index (χ1n) is 13.1. The molecule has 1 N–H and O–H groups in total. The van der Waals surface area contributed by atoms with Gasteiger partial charge in [-0.05, 0) is 66.2 Å². The highest BCUT2D eigenvalue weighted by molar-refractivity contribution is 6.03. The Morgan fingerprint density at radius 3 is 2.56 bits per heavy atom. The molecular formula is C27H36N8O4. The van der Waals surface area contributed by atoms with Gasteiger partial charge < -0.3 is 19.7 Å². The summed E-state index contributed by atoms with van der Waals surface area (Å²) in [4.78, 5) is 36.5. The first-order valence-corrected chi connectivity index (χ1v) is 13.1. The third kappa shape index (κ3) is 5.15. The molecule has 208 valence electrons. The molecule has 12 heteroatoms. The van der Waals surface area contributed by atoms with E-state index in [2.05, 4.69) is 25.4 Å². The summed E-state index contributed by atoms with van der Waals surface area (Å²) in [5.41, 5.74) is 3.07. The third-order valence-corrected chi connectivity index (χ3v) is 6.93. The van der Waals surface area contributed by atoms with E-state index in [0.29, 0.717) is 44.1 Å². The number of hydrogen-bond donors (Lipinski definition) is 1. The van der Waals surface area contributed by atoms with Gasteiger partial charge in [-0.25, -0.2) is 14.6 Å². The number of pyridine rings is 1. The van der Waals surface area contributed by atoms with Gasteiger partial charge in [-0.2, -0.15) is 5.10 Å². The average molecular weight is 537 g/mol. The second-order valence-corrected chi connectivity index (χ2v) is 11.6. The molecule has 0 radical (unpaired) electrons. The Kier molecular flexibility index (Phi) is 6.51. The summed E-state index contributed by atoms with van der Waals surface area (Å²) >= 11 is 0. The van der Waals surface area contributed by atoms with Crippen LogP contribution in [0.15, 0.2) is 24.4 Å². The number of rotatable bonds is 3. The molecule has 5 rings (SSSR count). The summed E-state index contributed by atoms with van der Waals surface area (Å²) in [5.74, 6) is 0.899. The largest absolute Gasteiger partial charge is 0.478 e. The van der Waals surface area contributed by atoms with Crippen LogP contribution >= 0.6 is 0 Å². The quantitative estimate of drug-likeness (QED) is 0.536. The van der Waals surface area contributed by atoms with Crippen LogP contribution in [0.25, 0.3) is 5.52 Å². The van der Waals surface area contributed by atoms with E-state index in [9.17, 15) is 9.59 Å². The van der Waals surface area contributed by atoms with Crippen LogP contribution < -0.4 is 19.9 Å². The summed E-state index contributed by atoms with van der Waals surface area (Å²) < 4.78 is 12.5. The predicted molar refractivity (Wildman–Crippen MR) is 148 cm³/mol. The van der Waals surface area contributed by atoms with E-state index in [1.165, 1.54) is 11.7 Å². The number of fused-ring (bicyclic) bond motifs is 2. The van der Waals surface area contributed by atoms with Crippen molar-refractivity contribution in [2.45, 2.75) is 59.1 Å². The standard InChI is InChI=1S/C27H36N8O4/c1-17-14-18-15-20(23(38-7)31-35(18)30-17)29-24(36)33-11-9-19-21(8-10-28-22(19)33)32-12-13-34(27(5,6)16-32)25(37)39-26(2,3)4/h8,10,14-15H,9,11-13,16H2,1-7H3,(H,29,36). The molecule has 39 heavy (non-hydrogen) atoms. The number of ether oxygens (including phenoxy) is 2. The first kappa shape index (κ1) is 26.5. The lowest BCUT2D eigenvalue weighted by Gasteiger charge is -2.48. The number of methoxy groups -OCH3 is 1. The van der Waals surface area contributed by atoms with Crippen molar-refractivity contribution in [3.05, 3.63) is 35.7 Å². The zero-order chi connectivity index (χ0) is 28.1. The molecule has 0 aliphatic carbocycles. The highest BCUT2D eigenvalue weighted by Crippen LogP contribution is 2.37. The van der Waals surface area contributed by atoms with Gasteiger partial charge in [0.2, 0.25) is 0 Å². The van der Waals surface area contributed by atoms with Crippen LogP contribution in [0.2, 0.25) is 0 Å². The number of amides is 3. The second-order valence-electron chi connectivity index (χ2n) is 11.6. The van der Waals surface area contributed by atoms with Crippen molar-refractivity contribution in [3.63, 3.8) is 0 Å². The Balaban J connectivity index is 1.35. The zero-order valence-electron chi connectivity index (χ0n) is 23.6. The molecule has 1 saturated heterocycles. The van der Waals surface area contributed by atoms with E-state index in [-0.39, 0.29) is 18.0 Å². The van der Waals surface area contributed by atoms with Crippen molar-refractivity contribution >= 4 is 34.8 Å². The number of anilines is 3. The van der Waals surface area contributed by atoms with Gasteiger partial charge >= 0.3 is 12.1 Å². The summed E-state index contributed by atoms with van der Waals surface area (Å²) in [7, 11) is 1.50. The minimum Gasteiger partial charge on any atom is -0.478 e. The molecule has 2 aliphatic heterocycles. The lowest BCUT2D eigenvalue weighted by Crippen LogP contribution is -2.62. The average Bonchev–Trinajstić information content (AvgIpc) is 3.43. The number of hydrogen-bond acceptors (Lipinski definition) is 8. The minimum absolute atomic E-state index is 0.269. The Labute approximate surface area is 227 Å². The highest BCUT2D eigenvalue weighted by Gasteiger charge is 2.40. The topological polar surface area (TPSA) is 117 Å². The van der Waals surface area contributed by atoms with Crippen LogP contribution in [-0.4, -0.2) is 81.3 Å². The third-order valence-electron chi connectivity index (χ3n) is 6.93. The number of aryl methyl sites for hydroxylation is 1. The van der Waals surface area contributed by atoms with Crippen LogP contribution in [0.4, 0.5) is 26.8 Å². The molecule has 3 amide bonds. The van der Waals surface area contributed by atoms with E-state index in [1.54, 1.807) is 22.1 Å². The predicted octanol–water partition coefficient (Wildman–Crippen LogP) is 3.87. The Morgan fingerprint density at radius 1 is 1.10 bits per heavy atom. The van der Waals surface area contributed by atoms with E-state index in [0.717, 1.165) is 22.5 Å². The number of aromatic nitrogens is 4. The van der Waals surface area contributed by atoms with Crippen LogP contribution in [0.1, 0.15) is 45.9 Å². The first-order chi connectivity index (χ1) is 18.4. The minimum atomic E-state index is -0.552. The summed E-state index contributed by atoms with van der Waals surface area (Å²) in [6.45, 7) is 13.9. The molecule has 3 aromatic heterocycles. The van der Waals surface area contributed by atoms with Crippen molar-refractivity contribution in [3.8, 4) is 5.88 Å². The normalized spacial score (nSPS) is 16.8. The number of nitrogens with one attached hydrogen (secondary N) is 1. The van der Waals surface area contributed by atoms with Gasteiger partial charge in [-0.15, -0.1) is 9.73 Å². The smallest absolute Gasteiger partial charge is 0.410 e. The fraction of sp³-hybridized carbons (Fsp3) is 0.519. The fourth-order valence-corrected chi connectivity index (χ4v) is 5.24. The molecule has 0 aromatic carbocycles. The maximum Gasteiger partial charge on any atom is 0.410 e. The van der Waals surface area contributed by atoms with Crippen molar-refractivity contribution in [2.24, 2.45) is 0 Å². The maximum absolute atomic E-state index is 13.4. The summed E-state index contributed by atoms with van der Waals surface area (Å²) in [6.07, 6.45) is 2.11. The number of carbonyl (C=O) groups excluding carboxylic acids is 2. The van der Waals surface area contributed by atoms with Crippen LogP contribution in [-0.2, 0) is 11.2 Å². The van der Waals surface area contributed by atoms with E-state index < -0.39 is 11.1 Å². The van der Waals surface area contributed by atoms with Gasteiger partial charge in [0.05, 0.1) is 23.9 Å². The van der Waals surface area contributed by atoms with Gasteiger partial charge in [0.1, 0.15) is 17.1 Å². The lowest BCUT2D eigenvalue weighted by atomic mass is 9.98. The second kappa shape index (κ2) is 9.58. The Hall–Kier alpha value is -4.09. The maximum atomic E-state index is 13.4. The Bertz CT molecular complexity index is 1430. The van der Waals surface area contributed by atoms with Gasteiger partial charge in [0.15, 0.2) is 0 Å². The highest BCUT2D eigenvalue weighted by atomic mass is 16.6. The molecule has 0 spiro atoms. The van der Waals surface area contributed by atoms with E-state index in [4.69, 9.17) is 9.47 Å². The monoisotopic (exact) mass is 536 g/mol. The molecule has 3 aromatic rings. The number of carbonyl (C=O) groups is 2. The van der Waals surface area contributed by atoms with E-state index in [1.807, 2.05) is 53.7 Å².